The quantitative estimate of drug-likeness (QED) is 0.320. The zero-order valence-electron chi connectivity index (χ0n) is 15.3. The number of hydrogen-bond donors (Lipinski definition) is 2. The molecule has 2 N–H and O–H groups in total. The number of aromatic nitrogens is 3. The van der Waals surface area contributed by atoms with Crippen molar-refractivity contribution in [3.05, 3.63) is 51.9 Å². The van der Waals surface area contributed by atoms with Gasteiger partial charge in [-0.25, -0.2) is 15.0 Å². The number of hydrogen-bond acceptors (Lipinski definition) is 4. The third-order valence-electron chi connectivity index (χ3n) is 3.88. The zero-order valence-corrected chi connectivity index (χ0v) is 18.5. The van der Waals surface area contributed by atoms with Gasteiger partial charge in [0.1, 0.15) is 10.7 Å². The van der Waals surface area contributed by atoms with E-state index in [2.05, 4.69) is 45.6 Å². The lowest BCUT2D eigenvalue weighted by atomic mass is 10.3. The predicted molar refractivity (Wildman–Crippen MR) is 119 cm³/mol. The van der Waals surface area contributed by atoms with Gasteiger partial charge in [0.2, 0.25) is 0 Å². The first-order chi connectivity index (χ1) is 12.2. The number of fused-ring (bicyclic) bond motifs is 1. The van der Waals surface area contributed by atoms with Gasteiger partial charge in [0.05, 0.1) is 17.9 Å². The molecule has 140 valence electrons. The van der Waals surface area contributed by atoms with Crippen LogP contribution in [0.25, 0.3) is 5.65 Å². The van der Waals surface area contributed by atoms with Crippen LogP contribution in [0.2, 0.25) is 0 Å². The number of aliphatic imine (C=N–C) groups is 1. The van der Waals surface area contributed by atoms with E-state index in [1.54, 1.807) is 11.3 Å². The summed E-state index contributed by atoms with van der Waals surface area (Å²) in [5.41, 5.74) is 3.15. The lowest BCUT2D eigenvalue weighted by Crippen LogP contribution is -2.38. The molecule has 0 aliphatic rings. The highest BCUT2D eigenvalue weighted by Gasteiger charge is 2.05. The van der Waals surface area contributed by atoms with Gasteiger partial charge in [0.15, 0.2) is 5.96 Å². The minimum atomic E-state index is 0. The van der Waals surface area contributed by atoms with Crippen LogP contribution < -0.4 is 10.6 Å². The van der Waals surface area contributed by atoms with Crippen LogP contribution in [0.4, 0.5) is 0 Å². The van der Waals surface area contributed by atoms with Gasteiger partial charge in [-0.1, -0.05) is 6.07 Å². The number of rotatable bonds is 6. The predicted octanol–water partition coefficient (Wildman–Crippen LogP) is 3.32. The maximum absolute atomic E-state index is 4.63. The first-order valence-corrected chi connectivity index (χ1v) is 9.35. The molecule has 0 saturated heterocycles. The Labute approximate surface area is 175 Å². The summed E-state index contributed by atoms with van der Waals surface area (Å²) < 4.78 is 2.04. The normalized spacial score (nSPS) is 11.4. The molecule has 0 aliphatic heterocycles. The number of aryl methyl sites for hydroxylation is 2. The number of pyridine rings is 1. The Kier molecular flexibility index (Phi) is 7.83. The van der Waals surface area contributed by atoms with E-state index < -0.39 is 0 Å². The molecule has 8 heteroatoms. The van der Waals surface area contributed by atoms with Gasteiger partial charge >= 0.3 is 0 Å². The van der Waals surface area contributed by atoms with Crippen molar-refractivity contribution in [1.29, 1.82) is 0 Å². The molecule has 0 spiro atoms. The van der Waals surface area contributed by atoms with Crippen LogP contribution in [0.15, 0.2) is 35.6 Å². The Balaban J connectivity index is 0.00000243. The average molecular weight is 484 g/mol. The van der Waals surface area contributed by atoms with Gasteiger partial charge in [-0.05, 0) is 32.9 Å². The molecule has 0 aromatic carbocycles. The molecule has 0 saturated carbocycles. The molecule has 3 aromatic heterocycles. The molecule has 0 atom stereocenters. The van der Waals surface area contributed by atoms with E-state index in [0.717, 1.165) is 47.5 Å². The van der Waals surface area contributed by atoms with Crippen molar-refractivity contribution in [2.75, 3.05) is 13.1 Å². The van der Waals surface area contributed by atoms with Gasteiger partial charge in [0.25, 0.3) is 0 Å². The summed E-state index contributed by atoms with van der Waals surface area (Å²) in [5, 5.41) is 7.70. The second kappa shape index (κ2) is 9.86. The monoisotopic (exact) mass is 484 g/mol. The summed E-state index contributed by atoms with van der Waals surface area (Å²) in [4.78, 5) is 15.0. The summed E-state index contributed by atoms with van der Waals surface area (Å²) in [5.74, 6) is 0.816. The Morgan fingerprint density at radius 1 is 1.23 bits per heavy atom. The highest BCUT2D eigenvalue weighted by atomic mass is 127. The zero-order chi connectivity index (χ0) is 17.6. The summed E-state index contributed by atoms with van der Waals surface area (Å²) in [7, 11) is 0. The van der Waals surface area contributed by atoms with Crippen LogP contribution in [0.1, 0.15) is 28.2 Å². The molecular weight excluding hydrogens is 459 g/mol. The molecule has 0 radical (unpaired) electrons. The molecule has 0 aliphatic carbocycles. The third-order valence-corrected chi connectivity index (χ3v) is 4.93. The van der Waals surface area contributed by atoms with Crippen LogP contribution in [-0.2, 0) is 13.0 Å². The second-order valence-corrected chi connectivity index (χ2v) is 7.11. The van der Waals surface area contributed by atoms with Crippen LogP contribution in [0.5, 0.6) is 0 Å². The number of nitrogens with zero attached hydrogens (tertiary/aromatic N) is 4. The lowest BCUT2D eigenvalue weighted by molar-refractivity contribution is 0.790. The van der Waals surface area contributed by atoms with Crippen LogP contribution >= 0.6 is 35.3 Å². The lowest BCUT2D eigenvalue weighted by Gasteiger charge is -2.10. The highest BCUT2D eigenvalue weighted by molar-refractivity contribution is 14.0. The topological polar surface area (TPSA) is 66.6 Å². The molecule has 3 rings (SSSR count). The minimum Gasteiger partial charge on any atom is -0.357 e. The molecule has 26 heavy (non-hydrogen) atoms. The van der Waals surface area contributed by atoms with Crippen molar-refractivity contribution in [3.8, 4) is 0 Å². The molecule has 3 heterocycles. The molecule has 0 unspecified atom stereocenters. The minimum absolute atomic E-state index is 0. The van der Waals surface area contributed by atoms with Gasteiger partial charge in [-0.15, -0.1) is 35.3 Å². The van der Waals surface area contributed by atoms with Gasteiger partial charge < -0.3 is 15.0 Å². The summed E-state index contributed by atoms with van der Waals surface area (Å²) in [6.07, 6.45) is 4.94. The Morgan fingerprint density at radius 3 is 2.77 bits per heavy atom. The fourth-order valence-electron chi connectivity index (χ4n) is 2.51. The first-order valence-electron chi connectivity index (χ1n) is 8.53. The number of thiazole rings is 1. The Bertz CT molecular complexity index is 817. The van der Waals surface area contributed by atoms with E-state index in [4.69, 9.17) is 0 Å². The smallest absolute Gasteiger partial charge is 0.191 e. The van der Waals surface area contributed by atoms with Gasteiger partial charge in [0, 0.05) is 36.8 Å². The summed E-state index contributed by atoms with van der Waals surface area (Å²) >= 11 is 1.71. The van der Waals surface area contributed by atoms with Crippen LogP contribution in [0.3, 0.4) is 0 Å². The average Bonchev–Trinajstić information content (AvgIpc) is 3.15. The van der Waals surface area contributed by atoms with Crippen molar-refractivity contribution in [3.63, 3.8) is 0 Å². The molecular formula is C18H25IN6S. The van der Waals surface area contributed by atoms with Crippen molar-refractivity contribution in [2.45, 2.75) is 33.7 Å². The van der Waals surface area contributed by atoms with Gasteiger partial charge in [-0.2, -0.15) is 0 Å². The summed E-state index contributed by atoms with van der Waals surface area (Å²) in [6, 6.07) is 6.03. The maximum Gasteiger partial charge on any atom is 0.191 e. The molecule has 0 fully saturated rings. The number of guanidine groups is 1. The van der Waals surface area contributed by atoms with E-state index in [9.17, 15) is 0 Å². The Morgan fingerprint density at radius 2 is 2.08 bits per heavy atom. The molecule has 6 nitrogen and oxygen atoms in total. The second-order valence-electron chi connectivity index (χ2n) is 5.82. The van der Waals surface area contributed by atoms with Crippen LogP contribution in [-0.4, -0.2) is 33.4 Å². The number of imidazole rings is 1. The SMILES string of the molecule is CCNC(=NCc1nc(C)c(C)s1)NCCc1cn2ccccc2n1.I. The van der Waals surface area contributed by atoms with Crippen molar-refractivity contribution >= 4 is 46.9 Å². The van der Waals surface area contributed by atoms with Crippen molar-refractivity contribution in [2.24, 2.45) is 4.99 Å². The molecule has 0 bridgehead atoms. The van der Waals surface area contributed by atoms with E-state index in [-0.39, 0.29) is 24.0 Å². The summed E-state index contributed by atoms with van der Waals surface area (Å²) in [6.45, 7) is 8.41. The van der Waals surface area contributed by atoms with E-state index in [1.807, 2.05) is 35.7 Å². The highest BCUT2D eigenvalue weighted by Crippen LogP contribution is 2.16. The third kappa shape index (κ3) is 5.41. The standard InChI is InChI=1S/C18H24N6S.HI/c1-4-19-18(21-11-17-22-13(2)14(3)25-17)20-9-8-15-12-24-10-6-5-7-16(24)23-15;/h5-7,10,12H,4,8-9,11H2,1-3H3,(H2,19,20,21);1H. The fourth-order valence-corrected chi connectivity index (χ4v) is 3.37. The first kappa shape index (κ1) is 20.6. The number of nitrogens with one attached hydrogen (secondary N) is 2. The van der Waals surface area contributed by atoms with Gasteiger partial charge in [-0.3, -0.25) is 0 Å². The van der Waals surface area contributed by atoms with E-state index in [0.29, 0.717) is 6.54 Å². The largest absolute Gasteiger partial charge is 0.357 e. The molecule has 0 amide bonds. The number of halogens is 1. The van der Waals surface area contributed by atoms with Crippen LogP contribution in [0, 0.1) is 13.8 Å². The van der Waals surface area contributed by atoms with Crippen molar-refractivity contribution < 1.29 is 0 Å². The Hall–Kier alpha value is -1.68. The fraction of sp³-hybridized carbons (Fsp3) is 0.389. The van der Waals surface area contributed by atoms with E-state index in [1.165, 1.54) is 4.88 Å². The van der Waals surface area contributed by atoms with Crippen molar-refractivity contribution in [1.82, 2.24) is 25.0 Å². The molecule has 3 aromatic rings. The van der Waals surface area contributed by atoms with E-state index >= 15 is 0 Å². The maximum atomic E-state index is 4.63.